The highest BCUT2D eigenvalue weighted by molar-refractivity contribution is 5.23. The van der Waals surface area contributed by atoms with Gasteiger partial charge in [-0.3, -0.25) is 4.68 Å². The summed E-state index contributed by atoms with van der Waals surface area (Å²) >= 11 is 0. The third-order valence-corrected chi connectivity index (χ3v) is 3.19. The summed E-state index contributed by atoms with van der Waals surface area (Å²) < 4.78 is 15.1. The SMILES string of the molecule is CCNCC(Cc1ccn(C)n1)c1cccc(F)c1. The molecule has 0 saturated heterocycles. The van der Waals surface area contributed by atoms with Crippen LogP contribution >= 0.6 is 0 Å². The van der Waals surface area contributed by atoms with Crippen molar-refractivity contribution in [3.63, 3.8) is 0 Å². The Morgan fingerprint density at radius 3 is 2.84 bits per heavy atom. The van der Waals surface area contributed by atoms with E-state index in [1.54, 1.807) is 16.8 Å². The molecule has 0 radical (unpaired) electrons. The maximum absolute atomic E-state index is 13.4. The summed E-state index contributed by atoms with van der Waals surface area (Å²) in [4.78, 5) is 0. The first-order chi connectivity index (χ1) is 9.19. The summed E-state index contributed by atoms with van der Waals surface area (Å²) in [7, 11) is 1.91. The summed E-state index contributed by atoms with van der Waals surface area (Å²) in [5, 5.41) is 7.74. The van der Waals surface area contributed by atoms with Gasteiger partial charge in [0.15, 0.2) is 0 Å². The Balaban J connectivity index is 2.15. The van der Waals surface area contributed by atoms with Crippen LogP contribution in [0.1, 0.15) is 24.1 Å². The van der Waals surface area contributed by atoms with E-state index in [2.05, 4.69) is 17.3 Å². The van der Waals surface area contributed by atoms with Gasteiger partial charge in [0.05, 0.1) is 5.69 Å². The second-order valence-corrected chi connectivity index (χ2v) is 4.74. The highest BCUT2D eigenvalue weighted by atomic mass is 19.1. The summed E-state index contributed by atoms with van der Waals surface area (Å²) in [6, 6.07) is 8.85. The van der Waals surface area contributed by atoms with Gasteiger partial charge in [0.25, 0.3) is 0 Å². The van der Waals surface area contributed by atoms with Crippen molar-refractivity contribution >= 4 is 0 Å². The minimum Gasteiger partial charge on any atom is -0.316 e. The van der Waals surface area contributed by atoms with Crippen LogP contribution in [0.15, 0.2) is 36.5 Å². The first-order valence-electron chi connectivity index (χ1n) is 6.63. The zero-order chi connectivity index (χ0) is 13.7. The molecule has 1 unspecified atom stereocenters. The van der Waals surface area contributed by atoms with Crippen molar-refractivity contribution in [3.05, 3.63) is 53.6 Å². The van der Waals surface area contributed by atoms with Crippen molar-refractivity contribution in [1.82, 2.24) is 15.1 Å². The molecule has 0 aliphatic rings. The van der Waals surface area contributed by atoms with Crippen molar-refractivity contribution in [1.29, 1.82) is 0 Å². The average Bonchev–Trinajstić information content (AvgIpc) is 2.80. The number of aromatic nitrogens is 2. The Hall–Kier alpha value is -1.68. The molecule has 4 heteroatoms. The molecular formula is C15H20FN3. The fraction of sp³-hybridized carbons (Fsp3) is 0.400. The molecule has 1 atom stereocenters. The Morgan fingerprint density at radius 1 is 1.37 bits per heavy atom. The number of hydrogen-bond donors (Lipinski definition) is 1. The Morgan fingerprint density at radius 2 is 2.21 bits per heavy atom. The molecule has 0 aliphatic carbocycles. The van der Waals surface area contributed by atoms with Crippen LogP contribution in [0.4, 0.5) is 4.39 Å². The first-order valence-corrected chi connectivity index (χ1v) is 6.63. The van der Waals surface area contributed by atoms with E-state index in [1.807, 2.05) is 25.4 Å². The topological polar surface area (TPSA) is 29.9 Å². The number of nitrogens with zero attached hydrogens (tertiary/aromatic N) is 2. The van der Waals surface area contributed by atoms with Crippen LogP contribution in [0.2, 0.25) is 0 Å². The lowest BCUT2D eigenvalue weighted by atomic mass is 9.94. The van der Waals surface area contributed by atoms with Gasteiger partial charge < -0.3 is 5.32 Å². The van der Waals surface area contributed by atoms with E-state index in [0.717, 1.165) is 30.8 Å². The van der Waals surface area contributed by atoms with Gasteiger partial charge in [-0.1, -0.05) is 19.1 Å². The molecule has 0 amide bonds. The highest BCUT2D eigenvalue weighted by Gasteiger charge is 2.14. The molecule has 1 aromatic heterocycles. The van der Waals surface area contributed by atoms with Gasteiger partial charge >= 0.3 is 0 Å². The molecule has 1 N–H and O–H groups in total. The van der Waals surface area contributed by atoms with Gasteiger partial charge in [-0.05, 0) is 36.7 Å². The van der Waals surface area contributed by atoms with Crippen LogP contribution in [0.25, 0.3) is 0 Å². The molecule has 2 rings (SSSR count). The summed E-state index contributed by atoms with van der Waals surface area (Å²) in [6.07, 6.45) is 2.75. The second-order valence-electron chi connectivity index (χ2n) is 4.74. The van der Waals surface area contributed by atoms with Crippen LogP contribution < -0.4 is 5.32 Å². The minimum absolute atomic E-state index is 0.181. The van der Waals surface area contributed by atoms with Crippen molar-refractivity contribution in [3.8, 4) is 0 Å². The lowest BCUT2D eigenvalue weighted by Crippen LogP contribution is -2.23. The van der Waals surface area contributed by atoms with Gasteiger partial charge in [0.2, 0.25) is 0 Å². The first kappa shape index (κ1) is 13.7. The lowest BCUT2D eigenvalue weighted by Gasteiger charge is -2.17. The average molecular weight is 261 g/mol. The van der Waals surface area contributed by atoms with E-state index in [9.17, 15) is 4.39 Å². The largest absolute Gasteiger partial charge is 0.316 e. The zero-order valence-electron chi connectivity index (χ0n) is 11.4. The number of aryl methyl sites for hydroxylation is 1. The van der Waals surface area contributed by atoms with Crippen LogP contribution in [0.5, 0.6) is 0 Å². The van der Waals surface area contributed by atoms with Crippen LogP contribution in [-0.2, 0) is 13.5 Å². The van der Waals surface area contributed by atoms with E-state index < -0.39 is 0 Å². The normalized spacial score (nSPS) is 12.6. The Bertz CT molecular complexity index is 522. The van der Waals surface area contributed by atoms with Crippen LogP contribution in [0, 0.1) is 5.82 Å². The van der Waals surface area contributed by atoms with E-state index in [1.165, 1.54) is 6.07 Å². The maximum atomic E-state index is 13.4. The molecule has 0 fully saturated rings. The minimum atomic E-state index is -0.181. The predicted molar refractivity (Wildman–Crippen MR) is 74.6 cm³/mol. The van der Waals surface area contributed by atoms with Gasteiger partial charge in [0.1, 0.15) is 5.82 Å². The molecule has 0 saturated carbocycles. The summed E-state index contributed by atoms with van der Waals surface area (Å²) in [5.41, 5.74) is 2.06. The number of halogens is 1. The third-order valence-electron chi connectivity index (χ3n) is 3.19. The van der Waals surface area contributed by atoms with Crippen molar-refractivity contribution in [2.75, 3.05) is 13.1 Å². The van der Waals surface area contributed by atoms with E-state index >= 15 is 0 Å². The number of benzene rings is 1. The molecule has 2 aromatic rings. The highest BCUT2D eigenvalue weighted by Crippen LogP contribution is 2.20. The third kappa shape index (κ3) is 3.89. The number of nitrogens with one attached hydrogen (secondary N) is 1. The molecule has 0 spiro atoms. The number of rotatable bonds is 6. The molecule has 0 bridgehead atoms. The number of likely N-dealkylation sites (N-methyl/N-ethyl adjacent to an activating group) is 1. The Labute approximate surface area is 113 Å². The second kappa shape index (κ2) is 6.48. The zero-order valence-corrected chi connectivity index (χ0v) is 11.4. The number of hydrogen-bond acceptors (Lipinski definition) is 2. The lowest BCUT2D eigenvalue weighted by molar-refractivity contribution is 0.574. The standard InChI is InChI=1S/C15H20FN3/c1-3-17-11-13(10-15-7-8-19(2)18-15)12-5-4-6-14(16)9-12/h4-9,13,17H,3,10-11H2,1-2H3. The molecule has 1 aromatic carbocycles. The molecule has 102 valence electrons. The predicted octanol–water partition coefficient (Wildman–Crippen LogP) is 2.50. The van der Waals surface area contributed by atoms with Crippen LogP contribution in [-0.4, -0.2) is 22.9 Å². The Kier molecular flexibility index (Phi) is 4.68. The monoisotopic (exact) mass is 261 g/mol. The van der Waals surface area contributed by atoms with Crippen molar-refractivity contribution in [2.45, 2.75) is 19.3 Å². The van der Waals surface area contributed by atoms with Gasteiger partial charge in [-0.25, -0.2) is 4.39 Å². The fourth-order valence-corrected chi connectivity index (χ4v) is 2.21. The van der Waals surface area contributed by atoms with E-state index in [0.29, 0.717) is 0 Å². The van der Waals surface area contributed by atoms with Crippen molar-refractivity contribution in [2.24, 2.45) is 7.05 Å². The molecular weight excluding hydrogens is 241 g/mol. The summed E-state index contributed by atoms with van der Waals surface area (Å²) in [6.45, 7) is 3.81. The molecule has 0 aliphatic heterocycles. The van der Waals surface area contributed by atoms with Crippen molar-refractivity contribution < 1.29 is 4.39 Å². The maximum Gasteiger partial charge on any atom is 0.123 e. The van der Waals surface area contributed by atoms with Crippen LogP contribution in [0.3, 0.4) is 0 Å². The fourth-order valence-electron chi connectivity index (χ4n) is 2.21. The van der Waals surface area contributed by atoms with Gasteiger partial charge in [-0.15, -0.1) is 0 Å². The summed E-state index contributed by atoms with van der Waals surface area (Å²) in [5.74, 6) is 0.0607. The van der Waals surface area contributed by atoms with E-state index in [4.69, 9.17) is 0 Å². The van der Waals surface area contributed by atoms with E-state index in [-0.39, 0.29) is 11.7 Å². The van der Waals surface area contributed by atoms with Gasteiger partial charge in [0, 0.05) is 25.7 Å². The molecule has 19 heavy (non-hydrogen) atoms. The molecule has 3 nitrogen and oxygen atoms in total. The smallest absolute Gasteiger partial charge is 0.123 e. The quantitative estimate of drug-likeness (QED) is 0.866. The molecule has 1 heterocycles. The van der Waals surface area contributed by atoms with Gasteiger partial charge in [-0.2, -0.15) is 5.10 Å².